The Kier molecular flexibility index (Phi) is 4.40. The summed E-state index contributed by atoms with van der Waals surface area (Å²) in [6, 6.07) is 13.0. The largest absolute Gasteiger partial charge is 0.291 e. The molecule has 0 spiro atoms. The summed E-state index contributed by atoms with van der Waals surface area (Å²) in [5.74, 6) is -0.429. The minimum absolute atomic E-state index is 0.0714. The fourth-order valence-electron chi connectivity index (χ4n) is 3.23. The Labute approximate surface area is 166 Å². The summed E-state index contributed by atoms with van der Waals surface area (Å²) in [6.45, 7) is 1.87. The predicted molar refractivity (Wildman–Crippen MR) is 107 cm³/mol. The monoisotopic (exact) mass is 406 g/mol. The molecule has 3 heterocycles. The third-order valence-electron chi connectivity index (χ3n) is 4.53. The van der Waals surface area contributed by atoms with E-state index in [1.54, 1.807) is 22.9 Å². The zero-order valence-corrected chi connectivity index (χ0v) is 16.4. The molecule has 3 aromatic heterocycles. The lowest BCUT2D eigenvalue weighted by molar-refractivity contribution is 0.601. The third-order valence-corrected chi connectivity index (χ3v) is 5.63. The average molecular weight is 406 g/mol. The van der Waals surface area contributed by atoms with Gasteiger partial charge in [-0.1, -0.05) is 6.07 Å². The van der Waals surface area contributed by atoms with Crippen molar-refractivity contribution in [3.05, 3.63) is 71.8 Å². The molecule has 29 heavy (non-hydrogen) atoms. The Balaban J connectivity index is 2.10. The summed E-state index contributed by atoms with van der Waals surface area (Å²) < 4.78 is 39.1. The van der Waals surface area contributed by atoms with E-state index in [9.17, 15) is 18.1 Å². The molecule has 4 aromatic rings. The second-order valence-corrected chi connectivity index (χ2v) is 8.70. The lowest BCUT2D eigenvalue weighted by atomic mass is 10.1. The first-order valence-electron chi connectivity index (χ1n) is 8.63. The van der Waals surface area contributed by atoms with Crippen LogP contribution in [0.2, 0.25) is 0 Å². The highest BCUT2D eigenvalue weighted by molar-refractivity contribution is 7.90. The Morgan fingerprint density at radius 1 is 1.10 bits per heavy atom. The van der Waals surface area contributed by atoms with Crippen molar-refractivity contribution >= 4 is 20.9 Å². The van der Waals surface area contributed by atoms with E-state index in [1.165, 1.54) is 30.5 Å². The molecule has 0 saturated heterocycles. The van der Waals surface area contributed by atoms with Gasteiger partial charge in [-0.05, 0) is 48.9 Å². The Morgan fingerprint density at radius 2 is 1.90 bits per heavy atom. The van der Waals surface area contributed by atoms with Gasteiger partial charge < -0.3 is 0 Å². The maximum absolute atomic E-state index is 13.9. The molecule has 0 bridgehead atoms. The van der Waals surface area contributed by atoms with Crippen LogP contribution in [0.4, 0.5) is 4.39 Å². The Hall–Kier alpha value is -3.57. The van der Waals surface area contributed by atoms with Crippen LogP contribution in [0.25, 0.3) is 28.1 Å². The van der Waals surface area contributed by atoms with Gasteiger partial charge in [-0.15, -0.1) is 0 Å². The molecule has 0 aliphatic carbocycles. The first-order chi connectivity index (χ1) is 13.8. The number of benzene rings is 1. The van der Waals surface area contributed by atoms with Crippen LogP contribution in [0.3, 0.4) is 0 Å². The highest BCUT2D eigenvalue weighted by Crippen LogP contribution is 2.35. The molecule has 4 rings (SSSR count). The molecule has 0 aliphatic heterocycles. The highest BCUT2D eigenvalue weighted by atomic mass is 32.2. The van der Waals surface area contributed by atoms with Crippen LogP contribution < -0.4 is 0 Å². The molecule has 0 saturated carbocycles. The molecule has 144 valence electrons. The van der Waals surface area contributed by atoms with Gasteiger partial charge in [-0.3, -0.25) is 9.55 Å². The van der Waals surface area contributed by atoms with Crippen LogP contribution >= 0.6 is 0 Å². The fraction of sp³-hybridized carbons (Fsp3) is 0.0952. The minimum Gasteiger partial charge on any atom is -0.291 e. The Morgan fingerprint density at radius 3 is 2.52 bits per heavy atom. The normalized spacial score (nSPS) is 11.5. The van der Waals surface area contributed by atoms with E-state index in [2.05, 4.69) is 16.0 Å². The van der Waals surface area contributed by atoms with Crippen molar-refractivity contribution in [2.45, 2.75) is 11.8 Å². The average Bonchev–Trinajstić information content (AvgIpc) is 3.00. The number of hydrogen-bond acceptors (Lipinski definition) is 5. The lowest BCUT2D eigenvalue weighted by Crippen LogP contribution is -2.02. The van der Waals surface area contributed by atoms with Crippen LogP contribution in [-0.4, -0.2) is 29.2 Å². The lowest BCUT2D eigenvalue weighted by Gasteiger charge is -2.11. The van der Waals surface area contributed by atoms with Crippen LogP contribution in [0, 0.1) is 24.1 Å². The van der Waals surface area contributed by atoms with Crippen molar-refractivity contribution in [2.24, 2.45) is 0 Å². The van der Waals surface area contributed by atoms with Gasteiger partial charge in [0.25, 0.3) is 0 Å². The molecular weight excluding hydrogens is 391 g/mol. The Bertz CT molecular complexity index is 1400. The second kappa shape index (κ2) is 6.79. The number of aromatic nitrogens is 3. The van der Waals surface area contributed by atoms with Crippen molar-refractivity contribution in [1.82, 2.24) is 14.5 Å². The molecule has 0 aliphatic rings. The van der Waals surface area contributed by atoms with Crippen LogP contribution in [-0.2, 0) is 9.84 Å². The summed E-state index contributed by atoms with van der Waals surface area (Å²) in [6.07, 6.45) is 4.02. The van der Waals surface area contributed by atoms with Gasteiger partial charge in [0.05, 0.1) is 27.5 Å². The number of fused-ring (bicyclic) bond motifs is 1. The molecule has 0 fully saturated rings. The summed E-state index contributed by atoms with van der Waals surface area (Å²) in [7, 11) is -3.41. The summed E-state index contributed by atoms with van der Waals surface area (Å²) >= 11 is 0. The quantitative estimate of drug-likeness (QED) is 0.516. The number of nitrogens with zero attached hydrogens (tertiary/aromatic N) is 4. The van der Waals surface area contributed by atoms with E-state index in [0.29, 0.717) is 33.7 Å². The number of rotatable bonds is 3. The zero-order valence-electron chi connectivity index (χ0n) is 15.6. The maximum atomic E-state index is 13.9. The van der Waals surface area contributed by atoms with Gasteiger partial charge in [0.15, 0.2) is 9.84 Å². The van der Waals surface area contributed by atoms with Gasteiger partial charge >= 0.3 is 0 Å². The van der Waals surface area contributed by atoms with E-state index >= 15 is 0 Å². The van der Waals surface area contributed by atoms with Crippen molar-refractivity contribution in [3.63, 3.8) is 0 Å². The molecule has 0 radical (unpaired) electrons. The molecule has 8 heteroatoms. The molecule has 0 amide bonds. The first kappa shape index (κ1) is 18.8. The number of sulfone groups is 1. The van der Waals surface area contributed by atoms with Gasteiger partial charge in [-0.25, -0.2) is 17.8 Å². The first-order valence-corrected chi connectivity index (χ1v) is 10.5. The third kappa shape index (κ3) is 3.26. The number of nitriles is 1. The number of pyridine rings is 2. The van der Waals surface area contributed by atoms with E-state index in [4.69, 9.17) is 0 Å². The molecule has 0 unspecified atom stereocenters. The van der Waals surface area contributed by atoms with Crippen molar-refractivity contribution in [2.75, 3.05) is 6.26 Å². The predicted octanol–water partition coefficient (Wildman–Crippen LogP) is 3.81. The van der Waals surface area contributed by atoms with E-state index in [0.717, 1.165) is 11.8 Å². The van der Waals surface area contributed by atoms with E-state index < -0.39 is 15.7 Å². The second-order valence-electron chi connectivity index (χ2n) is 6.69. The highest BCUT2D eigenvalue weighted by Gasteiger charge is 2.22. The molecule has 1 aromatic carbocycles. The zero-order chi connectivity index (χ0) is 20.8. The summed E-state index contributed by atoms with van der Waals surface area (Å²) in [4.78, 5) is 8.81. The molecule has 0 atom stereocenters. The van der Waals surface area contributed by atoms with Crippen molar-refractivity contribution in [3.8, 4) is 23.1 Å². The van der Waals surface area contributed by atoms with Gasteiger partial charge in [-0.2, -0.15) is 5.26 Å². The maximum Gasteiger partial charge on any atom is 0.177 e. The number of halogens is 1. The summed E-state index contributed by atoms with van der Waals surface area (Å²) in [5, 5.41) is 10.5. The topological polar surface area (TPSA) is 88.6 Å². The van der Waals surface area contributed by atoms with Crippen LogP contribution in [0.1, 0.15) is 11.1 Å². The standard InChI is InChI=1S/C21H15FN4O2S/c1-13-8-17-18(10-23)20(19-7-6-16(12-24-19)29(2,27)28)26(21(17)25-11-13)15-5-3-4-14(22)9-15/h3-9,11-12H,1-2H3. The van der Waals surface area contributed by atoms with Gasteiger partial charge in [0.2, 0.25) is 0 Å². The van der Waals surface area contributed by atoms with Crippen molar-refractivity contribution in [1.29, 1.82) is 5.26 Å². The summed E-state index contributed by atoms with van der Waals surface area (Å²) in [5.41, 5.74) is 2.98. The number of aryl methyl sites for hydroxylation is 1. The van der Waals surface area contributed by atoms with Crippen molar-refractivity contribution < 1.29 is 12.8 Å². The van der Waals surface area contributed by atoms with Gasteiger partial charge in [0.1, 0.15) is 17.5 Å². The van der Waals surface area contributed by atoms with E-state index in [-0.39, 0.29) is 4.90 Å². The molecular formula is C21H15FN4O2S. The van der Waals surface area contributed by atoms with Crippen LogP contribution in [0.15, 0.2) is 59.8 Å². The van der Waals surface area contributed by atoms with Gasteiger partial charge in [0, 0.05) is 24.0 Å². The molecule has 6 nitrogen and oxygen atoms in total. The SMILES string of the molecule is Cc1cnc2c(c1)c(C#N)c(-c1ccc(S(C)(=O)=O)cn1)n2-c1cccc(F)c1. The fourth-order valence-corrected chi connectivity index (χ4v) is 3.79. The smallest absolute Gasteiger partial charge is 0.177 e. The van der Waals surface area contributed by atoms with Crippen LogP contribution in [0.5, 0.6) is 0 Å². The number of hydrogen-bond donors (Lipinski definition) is 0. The van der Waals surface area contributed by atoms with E-state index in [1.807, 2.05) is 13.0 Å². The minimum atomic E-state index is -3.41. The molecule has 0 N–H and O–H groups in total.